The van der Waals surface area contributed by atoms with Crippen LogP contribution < -0.4 is 0 Å². The average molecular weight is 176 g/mol. The van der Waals surface area contributed by atoms with Gasteiger partial charge in [0.05, 0.1) is 12.2 Å². The lowest BCUT2D eigenvalue weighted by Gasteiger charge is -2.34. The Hall–Kier alpha value is -0.820. The average Bonchev–Trinajstić information content (AvgIpc) is 2.18. The Labute approximate surface area is 79.7 Å². The molecule has 1 atom stereocenters. The van der Waals surface area contributed by atoms with Crippen LogP contribution in [-0.4, -0.2) is 5.60 Å². The summed E-state index contributed by atoms with van der Waals surface area (Å²) in [6, 6.07) is 8.56. The summed E-state index contributed by atoms with van der Waals surface area (Å²) < 4.78 is 5.84. The second kappa shape index (κ2) is 3.15. The Morgan fingerprint density at radius 3 is 2.69 bits per heavy atom. The predicted octanol–water partition coefficient (Wildman–Crippen LogP) is 2.93. The Morgan fingerprint density at radius 2 is 2.00 bits per heavy atom. The van der Waals surface area contributed by atoms with E-state index in [4.69, 9.17) is 4.74 Å². The molecule has 1 aliphatic heterocycles. The zero-order valence-electron chi connectivity index (χ0n) is 8.34. The lowest BCUT2D eigenvalue weighted by atomic mass is 9.89. The standard InChI is InChI=1S/C12H16O/c1-3-12(2)8-10-6-4-5-7-11(10)9-13-12/h4-7H,3,8-9H2,1-2H3. The molecule has 1 aromatic carbocycles. The highest BCUT2D eigenvalue weighted by atomic mass is 16.5. The zero-order chi connectivity index (χ0) is 9.31. The Balaban J connectivity index is 2.29. The minimum Gasteiger partial charge on any atom is -0.370 e. The summed E-state index contributed by atoms with van der Waals surface area (Å²) in [6.45, 7) is 5.16. The van der Waals surface area contributed by atoms with Crippen molar-refractivity contribution in [1.29, 1.82) is 0 Å². The van der Waals surface area contributed by atoms with Gasteiger partial charge in [-0.3, -0.25) is 0 Å². The first-order valence-electron chi connectivity index (χ1n) is 4.94. The van der Waals surface area contributed by atoms with Crippen LogP contribution >= 0.6 is 0 Å². The van der Waals surface area contributed by atoms with E-state index in [1.54, 1.807) is 0 Å². The number of fused-ring (bicyclic) bond motifs is 1. The zero-order valence-corrected chi connectivity index (χ0v) is 8.34. The predicted molar refractivity (Wildman–Crippen MR) is 53.6 cm³/mol. The van der Waals surface area contributed by atoms with E-state index in [2.05, 4.69) is 38.1 Å². The van der Waals surface area contributed by atoms with E-state index in [1.807, 2.05) is 0 Å². The third kappa shape index (κ3) is 1.61. The summed E-state index contributed by atoms with van der Waals surface area (Å²) in [5.41, 5.74) is 2.88. The Kier molecular flexibility index (Phi) is 2.12. The van der Waals surface area contributed by atoms with Gasteiger partial charge in [-0.25, -0.2) is 0 Å². The molecule has 0 aromatic heterocycles. The number of hydrogen-bond acceptors (Lipinski definition) is 1. The third-order valence-corrected chi connectivity index (χ3v) is 3.01. The lowest BCUT2D eigenvalue weighted by Crippen LogP contribution is -2.34. The Bertz CT molecular complexity index is 306. The molecule has 70 valence electrons. The molecule has 0 fully saturated rings. The van der Waals surface area contributed by atoms with E-state index < -0.39 is 0 Å². The molecule has 0 radical (unpaired) electrons. The second-order valence-electron chi connectivity index (χ2n) is 4.04. The first kappa shape index (κ1) is 8.76. The van der Waals surface area contributed by atoms with E-state index in [-0.39, 0.29) is 5.60 Å². The van der Waals surface area contributed by atoms with Crippen LogP contribution in [0.1, 0.15) is 31.4 Å². The van der Waals surface area contributed by atoms with Crippen LogP contribution in [0.25, 0.3) is 0 Å². The van der Waals surface area contributed by atoms with E-state index >= 15 is 0 Å². The molecule has 1 nitrogen and oxygen atoms in total. The van der Waals surface area contributed by atoms with Crippen molar-refractivity contribution in [2.75, 3.05) is 0 Å². The molecule has 0 saturated carbocycles. The SMILES string of the molecule is CCC1(C)Cc2ccccc2CO1. The molecule has 0 aliphatic carbocycles. The van der Waals surface area contributed by atoms with Crippen molar-refractivity contribution in [2.45, 2.75) is 38.9 Å². The molecule has 0 bridgehead atoms. The monoisotopic (exact) mass is 176 g/mol. The summed E-state index contributed by atoms with van der Waals surface area (Å²) >= 11 is 0. The minimum absolute atomic E-state index is 0.0638. The van der Waals surface area contributed by atoms with Gasteiger partial charge >= 0.3 is 0 Å². The molecule has 0 N–H and O–H groups in total. The first-order chi connectivity index (χ1) is 6.23. The molecule has 1 heterocycles. The molecule has 1 unspecified atom stereocenters. The number of ether oxygens (including phenoxy) is 1. The first-order valence-corrected chi connectivity index (χ1v) is 4.94. The fourth-order valence-corrected chi connectivity index (χ4v) is 1.80. The molecule has 1 aliphatic rings. The maximum atomic E-state index is 5.84. The van der Waals surface area contributed by atoms with Crippen LogP contribution in [0.5, 0.6) is 0 Å². The van der Waals surface area contributed by atoms with Crippen molar-refractivity contribution in [3.8, 4) is 0 Å². The van der Waals surface area contributed by atoms with E-state index in [9.17, 15) is 0 Å². The van der Waals surface area contributed by atoms with Crippen molar-refractivity contribution in [1.82, 2.24) is 0 Å². The van der Waals surface area contributed by atoms with Crippen LogP contribution in [0.3, 0.4) is 0 Å². The minimum atomic E-state index is 0.0638. The topological polar surface area (TPSA) is 9.23 Å². The van der Waals surface area contributed by atoms with Gasteiger partial charge < -0.3 is 4.74 Å². The Morgan fingerprint density at radius 1 is 1.31 bits per heavy atom. The van der Waals surface area contributed by atoms with Crippen LogP contribution in [0.15, 0.2) is 24.3 Å². The summed E-state index contributed by atoms with van der Waals surface area (Å²) in [7, 11) is 0. The second-order valence-corrected chi connectivity index (χ2v) is 4.04. The fraction of sp³-hybridized carbons (Fsp3) is 0.500. The largest absolute Gasteiger partial charge is 0.370 e. The molecular weight excluding hydrogens is 160 g/mol. The molecule has 2 rings (SSSR count). The van der Waals surface area contributed by atoms with Gasteiger partial charge in [-0.2, -0.15) is 0 Å². The van der Waals surface area contributed by atoms with E-state index in [0.717, 1.165) is 19.4 Å². The van der Waals surface area contributed by atoms with Crippen molar-refractivity contribution >= 4 is 0 Å². The summed E-state index contributed by atoms with van der Waals surface area (Å²) in [5.74, 6) is 0. The highest BCUT2D eigenvalue weighted by Crippen LogP contribution is 2.29. The maximum absolute atomic E-state index is 5.84. The van der Waals surface area contributed by atoms with Crippen molar-refractivity contribution < 1.29 is 4.74 Å². The van der Waals surface area contributed by atoms with Gasteiger partial charge in [0.25, 0.3) is 0 Å². The van der Waals surface area contributed by atoms with Crippen LogP contribution in [0.4, 0.5) is 0 Å². The highest BCUT2D eigenvalue weighted by molar-refractivity contribution is 5.29. The van der Waals surface area contributed by atoms with Crippen LogP contribution in [0.2, 0.25) is 0 Å². The van der Waals surface area contributed by atoms with E-state index in [0.29, 0.717) is 0 Å². The number of benzene rings is 1. The number of rotatable bonds is 1. The number of hydrogen-bond donors (Lipinski definition) is 0. The fourth-order valence-electron chi connectivity index (χ4n) is 1.80. The normalized spacial score (nSPS) is 26.9. The van der Waals surface area contributed by atoms with Gasteiger partial charge in [0, 0.05) is 6.42 Å². The van der Waals surface area contributed by atoms with Gasteiger partial charge in [-0.1, -0.05) is 31.2 Å². The van der Waals surface area contributed by atoms with Gasteiger partial charge in [0.1, 0.15) is 0 Å². The van der Waals surface area contributed by atoms with E-state index in [1.165, 1.54) is 11.1 Å². The van der Waals surface area contributed by atoms with Crippen molar-refractivity contribution in [3.63, 3.8) is 0 Å². The summed E-state index contributed by atoms with van der Waals surface area (Å²) in [6.07, 6.45) is 2.14. The molecule has 1 aromatic rings. The van der Waals surface area contributed by atoms with Crippen molar-refractivity contribution in [3.05, 3.63) is 35.4 Å². The van der Waals surface area contributed by atoms with Crippen LogP contribution in [0, 0.1) is 0 Å². The highest BCUT2D eigenvalue weighted by Gasteiger charge is 2.28. The smallest absolute Gasteiger partial charge is 0.0727 e. The molecule has 1 heteroatoms. The quantitative estimate of drug-likeness (QED) is 0.639. The lowest BCUT2D eigenvalue weighted by molar-refractivity contribution is -0.0563. The van der Waals surface area contributed by atoms with Gasteiger partial charge in [0.15, 0.2) is 0 Å². The van der Waals surface area contributed by atoms with Gasteiger partial charge in [-0.05, 0) is 24.5 Å². The molecule has 0 saturated heterocycles. The maximum Gasteiger partial charge on any atom is 0.0727 e. The summed E-state index contributed by atoms with van der Waals surface area (Å²) in [4.78, 5) is 0. The van der Waals surface area contributed by atoms with Gasteiger partial charge in [-0.15, -0.1) is 0 Å². The molecule has 0 amide bonds. The van der Waals surface area contributed by atoms with Gasteiger partial charge in [0.2, 0.25) is 0 Å². The summed E-state index contributed by atoms with van der Waals surface area (Å²) in [5, 5.41) is 0. The molecular formula is C12H16O. The molecule has 13 heavy (non-hydrogen) atoms. The van der Waals surface area contributed by atoms with Crippen molar-refractivity contribution in [2.24, 2.45) is 0 Å². The third-order valence-electron chi connectivity index (χ3n) is 3.01. The molecule has 0 spiro atoms. The van der Waals surface area contributed by atoms with Crippen LogP contribution in [-0.2, 0) is 17.8 Å².